The number of aromatic nitrogens is 2. The molecule has 3 rings (SSSR count). The van der Waals surface area contributed by atoms with Gasteiger partial charge in [0.05, 0.1) is 18.9 Å². The van der Waals surface area contributed by atoms with Crippen LogP contribution in [0.4, 0.5) is 0 Å². The molecule has 2 fully saturated rings. The lowest BCUT2D eigenvalue weighted by atomic mass is 10.0. The van der Waals surface area contributed by atoms with Crippen molar-refractivity contribution in [1.82, 2.24) is 19.8 Å². The first kappa shape index (κ1) is 15.1. The smallest absolute Gasteiger partial charge is 0.274 e. The number of morpholine rings is 1. The number of ether oxygens (including phenoxy) is 1. The van der Waals surface area contributed by atoms with E-state index in [-0.39, 0.29) is 12.0 Å². The maximum absolute atomic E-state index is 12.5. The maximum atomic E-state index is 12.5. The summed E-state index contributed by atoms with van der Waals surface area (Å²) >= 11 is 0. The summed E-state index contributed by atoms with van der Waals surface area (Å²) < 4.78 is 5.93. The van der Waals surface area contributed by atoms with Gasteiger partial charge in [-0.05, 0) is 12.8 Å². The van der Waals surface area contributed by atoms with Crippen LogP contribution < -0.4 is 0 Å². The van der Waals surface area contributed by atoms with Crippen LogP contribution in [0, 0.1) is 0 Å². The van der Waals surface area contributed by atoms with Crippen molar-refractivity contribution in [2.45, 2.75) is 25.0 Å². The number of nitrogens with zero attached hydrogens (tertiary/aromatic N) is 4. The minimum Gasteiger partial charge on any atom is -0.375 e. The Morgan fingerprint density at radius 2 is 2.23 bits per heavy atom. The van der Waals surface area contributed by atoms with Crippen molar-refractivity contribution in [3.63, 3.8) is 0 Å². The predicted molar refractivity (Wildman–Crippen MR) is 82.5 cm³/mol. The molecule has 118 valence electrons. The maximum Gasteiger partial charge on any atom is 0.274 e. The molecule has 2 saturated heterocycles. The van der Waals surface area contributed by atoms with Crippen molar-refractivity contribution in [2.24, 2.45) is 0 Å². The molecule has 1 amide bonds. The van der Waals surface area contributed by atoms with E-state index in [9.17, 15) is 4.79 Å². The summed E-state index contributed by atoms with van der Waals surface area (Å²) in [4.78, 5) is 24.9. The van der Waals surface area contributed by atoms with E-state index in [4.69, 9.17) is 4.74 Å². The summed E-state index contributed by atoms with van der Waals surface area (Å²) in [6.45, 7) is 7.84. The van der Waals surface area contributed by atoms with Crippen molar-refractivity contribution < 1.29 is 9.53 Å². The van der Waals surface area contributed by atoms with Gasteiger partial charge in [-0.2, -0.15) is 0 Å². The van der Waals surface area contributed by atoms with Crippen molar-refractivity contribution in [2.75, 3.05) is 32.8 Å². The Bertz CT molecular complexity index is 522. The molecule has 0 radical (unpaired) electrons. The number of fused-ring (bicyclic) bond motifs is 1. The van der Waals surface area contributed by atoms with Gasteiger partial charge >= 0.3 is 0 Å². The highest BCUT2D eigenvalue weighted by Crippen LogP contribution is 2.24. The molecule has 2 atom stereocenters. The number of amides is 1. The molecule has 6 nitrogen and oxygen atoms in total. The predicted octanol–water partition coefficient (Wildman–Crippen LogP) is 0.968. The van der Waals surface area contributed by atoms with E-state index in [1.54, 1.807) is 12.4 Å². The fourth-order valence-electron chi connectivity index (χ4n) is 3.33. The van der Waals surface area contributed by atoms with Gasteiger partial charge in [-0.3, -0.25) is 14.7 Å². The summed E-state index contributed by atoms with van der Waals surface area (Å²) in [5.41, 5.74) is 0.413. The minimum absolute atomic E-state index is 0.0398. The van der Waals surface area contributed by atoms with E-state index in [1.807, 2.05) is 11.0 Å². The molecule has 3 heterocycles. The van der Waals surface area contributed by atoms with Gasteiger partial charge in [0.2, 0.25) is 0 Å². The second kappa shape index (κ2) is 6.98. The van der Waals surface area contributed by atoms with Gasteiger partial charge in [-0.25, -0.2) is 4.98 Å². The Hall–Kier alpha value is -1.79. The Labute approximate surface area is 130 Å². The zero-order valence-corrected chi connectivity index (χ0v) is 12.7. The topological polar surface area (TPSA) is 58.6 Å². The van der Waals surface area contributed by atoms with Crippen LogP contribution in [0.3, 0.4) is 0 Å². The molecule has 0 aliphatic carbocycles. The van der Waals surface area contributed by atoms with Gasteiger partial charge in [0, 0.05) is 44.6 Å². The monoisotopic (exact) mass is 302 g/mol. The summed E-state index contributed by atoms with van der Waals surface area (Å²) in [5.74, 6) is -0.0398. The van der Waals surface area contributed by atoms with Crippen LogP contribution in [0.2, 0.25) is 0 Å². The molecular weight excluding hydrogens is 280 g/mol. The van der Waals surface area contributed by atoms with Gasteiger partial charge < -0.3 is 9.64 Å². The number of carbonyl (C=O) groups is 1. The van der Waals surface area contributed by atoms with Crippen molar-refractivity contribution >= 4 is 5.91 Å². The zero-order chi connectivity index (χ0) is 15.4. The molecule has 2 aliphatic heterocycles. The third-order valence-electron chi connectivity index (χ3n) is 4.42. The Balaban J connectivity index is 1.69. The molecule has 0 N–H and O–H groups in total. The van der Waals surface area contributed by atoms with Gasteiger partial charge in [-0.15, -0.1) is 6.58 Å². The lowest BCUT2D eigenvalue weighted by Gasteiger charge is -2.39. The SMILES string of the molecule is C=CCN1CCOC2CCN(C(=O)c3cnccn3)CCC21. The number of hydrogen-bond donors (Lipinski definition) is 0. The molecule has 2 aliphatic rings. The van der Waals surface area contributed by atoms with Crippen molar-refractivity contribution in [3.05, 3.63) is 36.9 Å². The van der Waals surface area contributed by atoms with E-state index in [0.717, 1.165) is 39.1 Å². The highest BCUT2D eigenvalue weighted by molar-refractivity contribution is 5.91. The van der Waals surface area contributed by atoms with Crippen LogP contribution in [-0.4, -0.2) is 70.6 Å². The summed E-state index contributed by atoms with van der Waals surface area (Å²) in [7, 11) is 0. The van der Waals surface area contributed by atoms with E-state index in [1.165, 1.54) is 6.20 Å². The first-order chi connectivity index (χ1) is 10.8. The molecule has 22 heavy (non-hydrogen) atoms. The average Bonchev–Trinajstić information content (AvgIpc) is 2.79. The van der Waals surface area contributed by atoms with Crippen LogP contribution in [-0.2, 0) is 4.74 Å². The Kier molecular flexibility index (Phi) is 4.80. The number of likely N-dealkylation sites (tertiary alicyclic amines) is 1. The van der Waals surface area contributed by atoms with Crippen molar-refractivity contribution in [3.8, 4) is 0 Å². The normalized spacial score (nSPS) is 26.1. The van der Waals surface area contributed by atoms with E-state index in [2.05, 4.69) is 21.4 Å². The minimum atomic E-state index is -0.0398. The molecule has 0 bridgehead atoms. The van der Waals surface area contributed by atoms with Crippen LogP contribution in [0.5, 0.6) is 0 Å². The van der Waals surface area contributed by atoms with Gasteiger partial charge in [0.25, 0.3) is 5.91 Å². The largest absolute Gasteiger partial charge is 0.375 e. The number of rotatable bonds is 3. The average molecular weight is 302 g/mol. The number of hydrogen-bond acceptors (Lipinski definition) is 5. The summed E-state index contributed by atoms with van der Waals surface area (Å²) in [6.07, 6.45) is 8.59. The first-order valence-corrected chi connectivity index (χ1v) is 7.81. The highest BCUT2D eigenvalue weighted by Gasteiger charge is 2.35. The standard InChI is InChI=1S/C16H22N4O2/c1-2-7-19-10-11-22-15-4-9-20(8-3-14(15)19)16(21)13-12-17-5-6-18-13/h2,5-6,12,14-15H,1,3-4,7-11H2. The Morgan fingerprint density at radius 3 is 3.00 bits per heavy atom. The highest BCUT2D eigenvalue weighted by atomic mass is 16.5. The van der Waals surface area contributed by atoms with E-state index in [0.29, 0.717) is 18.3 Å². The third kappa shape index (κ3) is 3.18. The first-order valence-electron chi connectivity index (χ1n) is 7.81. The molecule has 2 unspecified atom stereocenters. The number of carbonyl (C=O) groups excluding carboxylic acids is 1. The van der Waals surface area contributed by atoms with Gasteiger partial charge in [0.15, 0.2) is 0 Å². The second-order valence-corrected chi connectivity index (χ2v) is 5.72. The fourth-order valence-corrected chi connectivity index (χ4v) is 3.33. The van der Waals surface area contributed by atoms with Crippen LogP contribution >= 0.6 is 0 Å². The van der Waals surface area contributed by atoms with Crippen LogP contribution in [0.15, 0.2) is 31.2 Å². The summed E-state index contributed by atoms with van der Waals surface area (Å²) in [5, 5.41) is 0. The lowest BCUT2D eigenvalue weighted by molar-refractivity contribution is -0.0672. The van der Waals surface area contributed by atoms with E-state index >= 15 is 0 Å². The lowest BCUT2D eigenvalue weighted by Crippen LogP contribution is -2.51. The van der Waals surface area contributed by atoms with Crippen LogP contribution in [0.25, 0.3) is 0 Å². The van der Waals surface area contributed by atoms with Gasteiger partial charge in [-0.1, -0.05) is 6.08 Å². The van der Waals surface area contributed by atoms with Gasteiger partial charge in [0.1, 0.15) is 5.69 Å². The fraction of sp³-hybridized carbons (Fsp3) is 0.562. The molecule has 0 spiro atoms. The Morgan fingerprint density at radius 1 is 1.36 bits per heavy atom. The molecular formula is C16H22N4O2. The molecule has 1 aromatic rings. The second-order valence-electron chi connectivity index (χ2n) is 5.72. The zero-order valence-electron chi connectivity index (χ0n) is 12.7. The molecule has 0 aromatic carbocycles. The van der Waals surface area contributed by atoms with Crippen molar-refractivity contribution in [1.29, 1.82) is 0 Å². The van der Waals surface area contributed by atoms with Crippen LogP contribution in [0.1, 0.15) is 23.3 Å². The third-order valence-corrected chi connectivity index (χ3v) is 4.42. The summed E-state index contributed by atoms with van der Waals surface area (Å²) in [6, 6.07) is 0.367. The van der Waals surface area contributed by atoms with E-state index < -0.39 is 0 Å². The molecule has 6 heteroatoms. The molecule has 1 aromatic heterocycles. The molecule has 0 saturated carbocycles. The quantitative estimate of drug-likeness (QED) is 0.779.